The van der Waals surface area contributed by atoms with Gasteiger partial charge in [0.05, 0.1) is 0 Å². The molecule has 0 radical (unpaired) electrons. The van der Waals surface area contributed by atoms with Crippen molar-refractivity contribution in [3.63, 3.8) is 0 Å². The summed E-state index contributed by atoms with van der Waals surface area (Å²) in [5.74, 6) is 0.381. The zero-order valence-corrected chi connectivity index (χ0v) is 12.0. The SMILES string of the molecule is CCC(CNC(C)(C)C)Oc1ccc(C)c(F)c1. The second-order valence-corrected chi connectivity index (χ2v) is 5.69. The van der Waals surface area contributed by atoms with Crippen LogP contribution in [0.3, 0.4) is 0 Å². The van der Waals surface area contributed by atoms with Crippen LogP contribution in [0.1, 0.15) is 39.7 Å². The molecule has 1 unspecified atom stereocenters. The zero-order chi connectivity index (χ0) is 13.8. The lowest BCUT2D eigenvalue weighted by molar-refractivity contribution is 0.180. The molecular formula is C15H24FNO. The molecule has 0 saturated carbocycles. The summed E-state index contributed by atoms with van der Waals surface area (Å²) in [5, 5.41) is 3.40. The summed E-state index contributed by atoms with van der Waals surface area (Å²) in [7, 11) is 0. The van der Waals surface area contributed by atoms with Gasteiger partial charge in [0.15, 0.2) is 0 Å². The predicted octanol–water partition coefficient (Wildman–Crippen LogP) is 3.68. The molecule has 0 fully saturated rings. The minimum atomic E-state index is -0.217. The van der Waals surface area contributed by atoms with E-state index in [1.807, 2.05) is 6.07 Å². The first-order chi connectivity index (χ1) is 8.31. The molecule has 0 amide bonds. The van der Waals surface area contributed by atoms with Crippen LogP contribution in [0.2, 0.25) is 0 Å². The van der Waals surface area contributed by atoms with Crippen molar-refractivity contribution in [2.45, 2.75) is 52.7 Å². The van der Waals surface area contributed by atoms with Gasteiger partial charge in [0, 0.05) is 18.2 Å². The van der Waals surface area contributed by atoms with Crippen LogP contribution < -0.4 is 10.1 Å². The van der Waals surface area contributed by atoms with Crippen molar-refractivity contribution in [3.8, 4) is 5.75 Å². The molecule has 2 nitrogen and oxygen atoms in total. The molecule has 1 aromatic carbocycles. The third-order valence-corrected chi connectivity index (χ3v) is 2.76. The van der Waals surface area contributed by atoms with Crippen molar-refractivity contribution in [1.29, 1.82) is 0 Å². The van der Waals surface area contributed by atoms with Crippen LogP contribution >= 0.6 is 0 Å². The number of aryl methyl sites for hydroxylation is 1. The molecule has 0 heterocycles. The molecule has 3 heteroatoms. The summed E-state index contributed by atoms with van der Waals surface area (Å²) in [6.45, 7) is 10.9. The number of halogens is 1. The highest BCUT2D eigenvalue weighted by Gasteiger charge is 2.14. The highest BCUT2D eigenvalue weighted by Crippen LogP contribution is 2.18. The van der Waals surface area contributed by atoms with Crippen molar-refractivity contribution < 1.29 is 9.13 Å². The second kappa shape index (κ2) is 6.19. The smallest absolute Gasteiger partial charge is 0.129 e. The molecule has 0 bridgehead atoms. The Morgan fingerprint density at radius 1 is 1.33 bits per heavy atom. The maximum Gasteiger partial charge on any atom is 0.129 e. The number of hydrogen-bond donors (Lipinski definition) is 1. The van der Waals surface area contributed by atoms with Crippen LogP contribution in [-0.2, 0) is 0 Å². The first-order valence-electron chi connectivity index (χ1n) is 6.49. The Morgan fingerprint density at radius 2 is 2.00 bits per heavy atom. The standard InChI is InChI=1S/C15H24FNO/c1-6-12(10-17-15(3,4)5)18-13-8-7-11(2)14(16)9-13/h7-9,12,17H,6,10H2,1-5H3. The van der Waals surface area contributed by atoms with Crippen molar-refractivity contribution in [2.24, 2.45) is 0 Å². The Kier molecular flexibility index (Phi) is 5.15. The average molecular weight is 253 g/mol. The van der Waals surface area contributed by atoms with E-state index in [9.17, 15) is 4.39 Å². The van der Waals surface area contributed by atoms with Gasteiger partial charge in [-0.05, 0) is 45.7 Å². The highest BCUT2D eigenvalue weighted by molar-refractivity contribution is 5.28. The van der Waals surface area contributed by atoms with E-state index in [0.717, 1.165) is 13.0 Å². The van der Waals surface area contributed by atoms with Gasteiger partial charge < -0.3 is 10.1 Å². The topological polar surface area (TPSA) is 21.3 Å². The number of ether oxygens (including phenoxy) is 1. The normalized spacial score (nSPS) is 13.4. The van der Waals surface area contributed by atoms with E-state index in [4.69, 9.17) is 4.74 Å². The number of rotatable bonds is 5. The van der Waals surface area contributed by atoms with Gasteiger partial charge in [0.25, 0.3) is 0 Å². The van der Waals surface area contributed by atoms with Crippen molar-refractivity contribution in [1.82, 2.24) is 5.32 Å². The van der Waals surface area contributed by atoms with Gasteiger partial charge in [-0.3, -0.25) is 0 Å². The third kappa shape index (κ3) is 5.05. The van der Waals surface area contributed by atoms with E-state index in [1.54, 1.807) is 13.0 Å². The monoisotopic (exact) mass is 253 g/mol. The molecule has 0 aliphatic heterocycles. The highest BCUT2D eigenvalue weighted by atomic mass is 19.1. The fourth-order valence-corrected chi connectivity index (χ4v) is 1.53. The number of nitrogens with one attached hydrogen (secondary N) is 1. The molecule has 0 aliphatic rings. The van der Waals surface area contributed by atoms with Crippen LogP contribution in [0.4, 0.5) is 4.39 Å². The Bertz CT molecular complexity index is 385. The van der Waals surface area contributed by atoms with E-state index in [1.165, 1.54) is 6.07 Å². The first kappa shape index (κ1) is 15.0. The van der Waals surface area contributed by atoms with Crippen LogP contribution in [0.5, 0.6) is 5.75 Å². The van der Waals surface area contributed by atoms with Gasteiger partial charge in [-0.25, -0.2) is 4.39 Å². The quantitative estimate of drug-likeness (QED) is 0.864. The zero-order valence-electron chi connectivity index (χ0n) is 12.0. The Hall–Kier alpha value is -1.09. The summed E-state index contributed by atoms with van der Waals surface area (Å²) in [6.07, 6.45) is 0.949. The first-order valence-corrected chi connectivity index (χ1v) is 6.49. The molecule has 102 valence electrons. The van der Waals surface area contributed by atoms with Gasteiger partial charge in [-0.1, -0.05) is 13.0 Å². The van der Waals surface area contributed by atoms with Gasteiger partial charge in [0.1, 0.15) is 17.7 Å². The molecule has 0 spiro atoms. The van der Waals surface area contributed by atoms with E-state index in [2.05, 4.69) is 33.0 Å². The van der Waals surface area contributed by atoms with E-state index >= 15 is 0 Å². The number of benzene rings is 1. The summed E-state index contributed by atoms with van der Waals surface area (Å²) in [5.41, 5.74) is 0.707. The largest absolute Gasteiger partial charge is 0.489 e. The van der Waals surface area contributed by atoms with Gasteiger partial charge in [0.2, 0.25) is 0 Å². The van der Waals surface area contributed by atoms with Crippen LogP contribution in [0.25, 0.3) is 0 Å². The van der Waals surface area contributed by atoms with Crippen molar-refractivity contribution in [3.05, 3.63) is 29.6 Å². The number of hydrogen-bond acceptors (Lipinski definition) is 2. The van der Waals surface area contributed by atoms with E-state index in [0.29, 0.717) is 11.3 Å². The summed E-state index contributed by atoms with van der Waals surface area (Å²) in [4.78, 5) is 0. The predicted molar refractivity (Wildman–Crippen MR) is 73.6 cm³/mol. The van der Waals surface area contributed by atoms with Gasteiger partial charge in [-0.15, -0.1) is 0 Å². The van der Waals surface area contributed by atoms with Gasteiger partial charge >= 0.3 is 0 Å². The Balaban J connectivity index is 2.59. The van der Waals surface area contributed by atoms with Crippen LogP contribution in [-0.4, -0.2) is 18.2 Å². The molecule has 1 atom stereocenters. The Morgan fingerprint density at radius 3 is 2.50 bits per heavy atom. The second-order valence-electron chi connectivity index (χ2n) is 5.69. The lowest BCUT2D eigenvalue weighted by Crippen LogP contribution is -2.42. The Labute approximate surface area is 110 Å². The molecular weight excluding hydrogens is 229 g/mol. The minimum Gasteiger partial charge on any atom is -0.489 e. The summed E-state index contributed by atoms with van der Waals surface area (Å²) >= 11 is 0. The molecule has 18 heavy (non-hydrogen) atoms. The van der Waals surface area contributed by atoms with Crippen molar-refractivity contribution >= 4 is 0 Å². The summed E-state index contributed by atoms with van der Waals surface area (Å²) in [6, 6.07) is 5.02. The third-order valence-electron chi connectivity index (χ3n) is 2.76. The van der Waals surface area contributed by atoms with E-state index in [-0.39, 0.29) is 17.5 Å². The van der Waals surface area contributed by atoms with Crippen molar-refractivity contribution in [2.75, 3.05) is 6.54 Å². The molecule has 1 N–H and O–H groups in total. The lowest BCUT2D eigenvalue weighted by atomic mass is 10.1. The summed E-state index contributed by atoms with van der Waals surface area (Å²) < 4.78 is 19.2. The molecule has 0 aliphatic carbocycles. The van der Waals surface area contributed by atoms with Crippen LogP contribution in [0, 0.1) is 12.7 Å². The van der Waals surface area contributed by atoms with Gasteiger partial charge in [-0.2, -0.15) is 0 Å². The van der Waals surface area contributed by atoms with Crippen LogP contribution in [0.15, 0.2) is 18.2 Å². The van der Waals surface area contributed by atoms with E-state index < -0.39 is 0 Å². The fourth-order valence-electron chi connectivity index (χ4n) is 1.53. The fraction of sp³-hybridized carbons (Fsp3) is 0.600. The minimum absolute atomic E-state index is 0.0614. The lowest BCUT2D eigenvalue weighted by Gasteiger charge is -2.25. The molecule has 1 aromatic rings. The maximum absolute atomic E-state index is 13.4. The maximum atomic E-state index is 13.4. The molecule has 1 rings (SSSR count). The average Bonchev–Trinajstić information content (AvgIpc) is 2.28. The molecule has 0 saturated heterocycles. The molecule has 0 aromatic heterocycles.